The number of thiophene rings is 1. The van der Waals surface area contributed by atoms with Gasteiger partial charge in [0.05, 0.1) is 23.4 Å². The molecule has 9 nitrogen and oxygen atoms in total. The maximum Gasteiger partial charge on any atom is 0.360 e. The highest BCUT2D eigenvalue weighted by Gasteiger charge is 2.37. The number of Topliss-reactive ketones (excluding diaryl/α,β-unsaturated/α-hetero) is 1. The molecule has 2 aliphatic rings. The van der Waals surface area contributed by atoms with Crippen LogP contribution in [0, 0.1) is 17.2 Å². The van der Waals surface area contributed by atoms with Crippen LogP contribution in [-0.2, 0) is 9.68 Å². The van der Waals surface area contributed by atoms with E-state index in [0.29, 0.717) is 35.5 Å². The van der Waals surface area contributed by atoms with Crippen molar-refractivity contribution < 1.29 is 28.5 Å². The second kappa shape index (κ2) is 10.3. The number of rotatable bonds is 9. The van der Waals surface area contributed by atoms with Crippen molar-refractivity contribution in [3.05, 3.63) is 27.0 Å². The van der Waals surface area contributed by atoms with Crippen LogP contribution in [0.15, 0.2) is 10.9 Å². The van der Waals surface area contributed by atoms with Crippen LogP contribution in [0.2, 0.25) is 0 Å². The van der Waals surface area contributed by atoms with E-state index in [-0.39, 0.29) is 50.9 Å². The average molecular weight is 574 g/mol. The molecule has 2 N–H and O–H groups in total. The summed E-state index contributed by atoms with van der Waals surface area (Å²) in [5, 5.41) is 0.197. The second-order valence-corrected chi connectivity index (χ2v) is 12.6. The van der Waals surface area contributed by atoms with Crippen LogP contribution in [0.25, 0.3) is 21.1 Å². The van der Waals surface area contributed by atoms with Crippen LogP contribution in [-0.4, -0.2) is 42.6 Å². The number of nitrogens with zero attached hydrogens (tertiary/aromatic N) is 2. The third kappa shape index (κ3) is 4.62. The van der Waals surface area contributed by atoms with Gasteiger partial charge in [0.25, 0.3) is 0 Å². The number of benzene rings is 1. The Kier molecular flexibility index (Phi) is 7.33. The van der Waals surface area contributed by atoms with E-state index in [1.165, 1.54) is 20.1 Å². The maximum absolute atomic E-state index is 15.9. The number of hydrogen-bond acceptors (Lipinski definition) is 9. The predicted octanol–water partition coefficient (Wildman–Crippen LogP) is 5.35. The summed E-state index contributed by atoms with van der Waals surface area (Å²) in [5.41, 5.74) is 5.58. The minimum absolute atomic E-state index is 0.0288. The molecule has 216 valence electrons. The molecule has 2 atom stereocenters. The predicted molar refractivity (Wildman–Crippen MR) is 153 cm³/mol. The van der Waals surface area contributed by atoms with E-state index < -0.39 is 22.6 Å². The number of nitrogens with two attached hydrogens (primary N) is 1. The van der Waals surface area contributed by atoms with E-state index in [4.69, 9.17) is 20.2 Å². The van der Waals surface area contributed by atoms with Crippen molar-refractivity contribution in [1.82, 2.24) is 4.57 Å². The van der Waals surface area contributed by atoms with Crippen LogP contribution in [0.3, 0.4) is 0 Å². The van der Waals surface area contributed by atoms with Crippen LogP contribution >= 0.6 is 11.3 Å². The topological polar surface area (TPSA) is 113 Å². The molecule has 5 rings (SSSR count). The van der Waals surface area contributed by atoms with Crippen LogP contribution in [0.1, 0.15) is 76.0 Å². The van der Waals surface area contributed by atoms with E-state index in [1.807, 2.05) is 23.3 Å². The molecule has 0 bridgehead atoms. The van der Waals surface area contributed by atoms with Gasteiger partial charge in [-0.15, -0.1) is 11.3 Å². The molecule has 40 heavy (non-hydrogen) atoms. The molecule has 0 amide bonds. The monoisotopic (exact) mass is 573 g/mol. The zero-order valence-corrected chi connectivity index (χ0v) is 24.6. The third-order valence-corrected chi connectivity index (χ3v) is 9.59. The number of carbonyl (C=O) groups excluding carboxylic acids is 2. The molecule has 0 spiro atoms. The summed E-state index contributed by atoms with van der Waals surface area (Å²) in [6.45, 7) is 9.79. The van der Waals surface area contributed by atoms with Gasteiger partial charge in [0.15, 0.2) is 17.3 Å². The molecular weight excluding hydrogens is 537 g/mol. The number of anilines is 1. The quantitative estimate of drug-likeness (QED) is 0.207. The van der Waals surface area contributed by atoms with Crippen LogP contribution < -0.4 is 25.7 Å². The highest BCUT2D eigenvalue weighted by molar-refractivity contribution is 7.21. The Morgan fingerprint density at radius 1 is 1.25 bits per heavy atom. The number of fused-ring (bicyclic) bond motifs is 2. The fraction of sp³-hybridized carbons (Fsp3) is 0.552. The summed E-state index contributed by atoms with van der Waals surface area (Å²) >= 11 is 1.10. The smallest absolute Gasteiger partial charge is 0.360 e. The molecule has 2 aromatic heterocycles. The molecule has 1 unspecified atom stereocenters. The fourth-order valence-corrected chi connectivity index (χ4v) is 6.46. The van der Waals surface area contributed by atoms with Crippen molar-refractivity contribution in [2.24, 2.45) is 17.1 Å². The van der Waals surface area contributed by atoms with Crippen molar-refractivity contribution in [3.63, 3.8) is 0 Å². The van der Waals surface area contributed by atoms with Crippen molar-refractivity contribution in [2.75, 3.05) is 25.1 Å². The van der Waals surface area contributed by atoms with Gasteiger partial charge in [-0.05, 0) is 58.4 Å². The number of aromatic nitrogens is 1. The average Bonchev–Trinajstić information content (AvgIpc) is 3.48. The Bertz CT molecular complexity index is 1570. The Labute approximate surface area is 235 Å². The number of ether oxygens (including phenoxy) is 1. The summed E-state index contributed by atoms with van der Waals surface area (Å²) in [6.07, 6.45) is 3.03. The first kappa shape index (κ1) is 28.4. The molecular formula is C29H36FN3O6S. The summed E-state index contributed by atoms with van der Waals surface area (Å²) < 4.78 is 23.7. The van der Waals surface area contributed by atoms with Gasteiger partial charge in [0.2, 0.25) is 11.2 Å². The van der Waals surface area contributed by atoms with Crippen LogP contribution in [0.5, 0.6) is 11.5 Å². The SMILES string of the molecule is CCC(C)(C)C(=O)OOc1c(C(C)=O)sc2c1c(=O)c1cc(F)c(N3CCC([C@H](C)N)C3)c(OC)c1n2C1CC1. The highest BCUT2D eigenvalue weighted by Crippen LogP contribution is 2.49. The van der Waals surface area contributed by atoms with Gasteiger partial charge < -0.3 is 19.9 Å². The lowest BCUT2D eigenvalue weighted by atomic mass is 9.91. The molecule has 1 saturated carbocycles. The summed E-state index contributed by atoms with van der Waals surface area (Å²) in [5.74, 6) is -1.16. The lowest BCUT2D eigenvalue weighted by Gasteiger charge is -2.25. The largest absolute Gasteiger partial charge is 0.492 e. The fourth-order valence-electron chi connectivity index (χ4n) is 5.27. The number of pyridine rings is 1. The van der Waals surface area contributed by atoms with Gasteiger partial charge in [-0.2, -0.15) is 0 Å². The molecule has 2 fully saturated rings. The Hall–Kier alpha value is -3.18. The number of hydrogen-bond donors (Lipinski definition) is 1. The minimum Gasteiger partial charge on any atom is -0.492 e. The van der Waals surface area contributed by atoms with Gasteiger partial charge in [-0.25, -0.2) is 14.1 Å². The van der Waals surface area contributed by atoms with Crippen molar-refractivity contribution in [2.45, 2.75) is 72.4 Å². The molecule has 1 aliphatic heterocycles. The van der Waals surface area contributed by atoms with E-state index in [0.717, 1.165) is 30.6 Å². The molecule has 3 heterocycles. The summed E-state index contributed by atoms with van der Waals surface area (Å²) in [7, 11) is 1.47. The van der Waals surface area contributed by atoms with E-state index in [2.05, 4.69) is 0 Å². The van der Waals surface area contributed by atoms with E-state index in [9.17, 15) is 14.4 Å². The molecule has 0 radical (unpaired) electrons. The van der Waals surface area contributed by atoms with Gasteiger partial charge in [-0.1, -0.05) is 6.92 Å². The standard InChI is InChI=1S/C29H36FN3O6S/c1-7-29(4,5)28(36)39-38-24-20-23(35)18-12-19(30)22(32-11-10-16(13-32)14(2)31)25(37-6)21(18)33(17-8-9-17)27(20)40-26(24)15(3)34/h12,14,16-17H,7-11,13,31H2,1-6H3/t14-,16?/m0/s1. The minimum atomic E-state index is -0.827. The van der Waals surface area contributed by atoms with Gasteiger partial charge in [-0.3, -0.25) is 14.5 Å². The molecule has 1 aliphatic carbocycles. The normalized spacial score (nSPS) is 18.4. The van der Waals surface area contributed by atoms with E-state index >= 15 is 4.39 Å². The maximum atomic E-state index is 15.9. The zero-order valence-electron chi connectivity index (χ0n) is 23.8. The molecule has 3 aromatic rings. The summed E-state index contributed by atoms with van der Waals surface area (Å²) in [4.78, 5) is 52.6. The Morgan fingerprint density at radius 2 is 1.95 bits per heavy atom. The number of carbonyl (C=O) groups is 2. The third-order valence-electron chi connectivity index (χ3n) is 8.32. The lowest BCUT2D eigenvalue weighted by Crippen LogP contribution is -2.30. The van der Waals surface area contributed by atoms with Gasteiger partial charge >= 0.3 is 5.97 Å². The summed E-state index contributed by atoms with van der Waals surface area (Å²) in [6, 6.07) is 1.24. The van der Waals surface area contributed by atoms with Crippen molar-refractivity contribution in [1.29, 1.82) is 0 Å². The first-order chi connectivity index (χ1) is 18.9. The lowest BCUT2D eigenvalue weighted by molar-refractivity contribution is -0.223. The number of ketones is 1. The zero-order chi connectivity index (χ0) is 29.1. The highest BCUT2D eigenvalue weighted by atomic mass is 32.1. The first-order valence-electron chi connectivity index (χ1n) is 13.7. The van der Waals surface area contributed by atoms with Crippen molar-refractivity contribution >= 4 is 49.9 Å². The number of methoxy groups -OCH3 is 1. The molecule has 1 saturated heterocycles. The Morgan fingerprint density at radius 3 is 2.50 bits per heavy atom. The Balaban J connectivity index is 1.76. The van der Waals surface area contributed by atoms with E-state index in [1.54, 1.807) is 13.8 Å². The van der Waals surface area contributed by atoms with Gasteiger partial charge in [0, 0.05) is 32.1 Å². The number of halogens is 1. The van der Waals surface area contributed by atoms with Crippen LogP contribution in [0.4, 0.5) is 10.1 Å². The van der Waals surface area contributed by atoms with Crippen molar-refractivity contribution in [3.8, 4) is 11.5 Å². The second-order valence-electron chi connectivity index (χ2n) is 11.6. The molecule has 11 heteroatoms. The molecule has 1 aromatic carbocycles. The first-order valence-corrected chi connectivity index (χ1v) is 14.5. The van der Waals surface area contributed by atoms with Gasteiger partial charge in [0.1, 0.15) is 20.8 Å².